The Morgan fingerprint density at radius 2 is 2.44 bits per heavy atom. The van der Waals surface area contributed by atoms with E-state index in [-0.39, 0.29) is 0 Å². The highest BCUT2D eigenvalue weighted by atomic mass is 16.5. The van der Waals surface area contributed by atoms with Gasteiger partial charge < -0.3 is 4.74 Å². The van der Waals surface area contributed by atoms with Crippen LogP contribution in [0.4, 0.5) is 0 Å². The number of rotatable bonds is 2. The van der Waals surface area contributed by atoms with E-state index in [0.29, 0.717) is 6.10 Å². The molecule has 1 aliphatic rings. The second-order valence-corrected chi connectivity index (χ2v) is 2.63. The highest BCUT2D eigenvalue weighted by Crippen LogP contribution is 2.15. The molecule has 1 heterocycles. The van der Waals surface area contributed by atoms with Gasteiger partial charge >= 0.3 is 0 Å². The van der Waals surface area contributed by atoms with Gasteiger partial charge in [0.2, 0.25) is 0 Å². The minimum absolute atomic E-state index is 0.545. The molecule has 0 aromatic rings. The molecule has 1 unspecified atom stereocenters. The molecule has 0 bridgehead atoms. The summed E-state index contributed by atoms with van der Waals surface area (Å²) < 4.78 is 5.49. The molecule has 1 radical (unpaired) electrons. The first kappa shape index (κ1) is 7.07. The summed E-state index contributed by atoms with van der Waals surface area (Å²) in [5, 5.41) is 0. The van der Waals surface area contributed by atoms with E-state index in [1.165, 1.54) is 19.3 Å². The molecule has 1 heteroatoms. The van der Waals surface area contributed by atoms with Crippen LogP contribution in [0.25, 0.3) is 0 Å². The van der Waals surface area contributed by atoms with Crippen molar-refractivity contribution in [1.29, 1.82) is 0 Å². The van der Waals surface area contributed by atoms with Crippen LogP contribution >= 0.6 is 0 Å². The summed E-state index contributed by atoms with van der Waals surface area (Å²) in [5.41, 5.74) is 0. The lowest BCUT2D eigenvalue weighted by molar-refractivity contribution is 0.0163. The first-order valence-electron chi connectivity index (χ1n) is 3.83. The fraction of sp³-hybridized carbons (Fsp3) is 0.875. The van der Waals surface area contributed by atoms with Crippen LogP contribution in [0.5, 0.6) is 0 Å². The van der Waals surface area contributed by atoms with Crippen molar-refractivity contribution in [2.24, 2.45) is 0 Å². The van der Waals surface area contributed by atoms with Crippen LogP contribution in [0.15, 0.2) is 0 Å². The standard InChI is InChI=1S/C8H15O/c1-2-5-8-6-3-4-7-9-8/h2,8H,3-7H2,1H3. The van der Waals surface area contributed by atoms with E-state index in [4.69, 9.17) is 4.74 Å². The van der Waals surface area contributed by atoms with E-state index in [1.54, 1.807) is 0 Å². The predicted octanol–water partition coefficient (Wildman–Crippen LogP) is 2.17. The maximum Gasteiger partial charge on any atom is 0.0577 e. The van der Waals surface area contributed by atoms with Gasteiger partial charge in [-0.15, -0.1) is 0 Å². The highest BCUT2D eigenvalue weighted by Gasteiger charge is 2.11. The monoisotopic (exact) mass is 127 g/mol. The van der Waals surface area contributed by atoms with Crippen molar-refractivity contribution in [2.45, 2.75) is 38.7 Å². The van der Waals surface area contributed by atoms with Crippen LogP contribution in [-0.2, 0) is 4.74 Å². The van der Waals surface area contributed by atoms with E-state index in [2.05, 4.69) is 13.3 Å². The highest BCUT2D eigenvalue weighted by molar-refractivity contribution is 4.69. The number of hydrogen-bond donors (Lipinski definition) is 0. The Labute approximate surface area is 57.4 Å². The lowest BCUT2D eigenvalue weighted by Crippen LogP contribution is -2.18. The molecule has 0 saturated carbocycles. The minimum Gasteiger partial charge on any atom is -0.378 e. The summed E-state index contributed by atoms with van der Waals surface area (Å²) in [6.45, 7) is 3.08. The number of hydrogen-bond acceptors (Lipinski definition) is 1. The Kier molecular flexibility index (Phi) is 3.05. The van der Waals surface area contributed by atoms with Gasteiger partial charge in [-0.25, -0.2) is 0 Å². The van der Waals surface area contributed by atoms with Crippen LogP contribution in [0, 0.1) is 6.42 Å². The molecule has 1 aliphatic heterocycles. The van der Waals surface area contributed by atoms with Gasteiger partial charge in [-0.1, -0.05) is 6.92 Å². The Balaban J connectivity index is 2.08. The first-order chi connectivity index (χ1) is 4.43. The van der Waals surface area contributed by atoms with Crippen molar-refractivity contribution in [3.05, 3.63) is 6.42 Å². The van der Waals surface area contributed by atoms with E-state index in [0.717, 1.165) is 13.0 Å². The van der Waals surface area contributed by atoms with E-state index < -0.39 is 0 Å². The maximum absolute atomic E-state index is 5.49. The molecule has 0 aromatic heterocycles. The molecule has 1 rings (SSSR count). The van der Waals surface area contributed by atoms with Crippen molar-refractivity contribution in [1.82, 2.24) is 0 Å². The van der Waals surface area contributed by atoms with Crippen molar-refractivity contribution in [3.63, 3.8) is 0 Å². The van der Waals surface area contributed by atoms with Crippen molar-refractivity contribution in [2.75, 3.05) is 6.61 Å². The Bertz CT molecular complexity index is 62.2. The van der Waals surface area contributed by atoms with Gasteiger partial charge in [-0.05, 0) is 32.1 Å². The SMILES string of the molecule is C[CH]CC1CCCCO1. The molecule has 0 amide bonds. The van der Waals surface area contributed by atoms with Crippen LogP contribution < -0.4 is 0 Å². The summed E-state index contributed by atoms with van der Waals surface area (Å²) >= 11 is 0. The van der Waals surface area contributed by atoms with E-state index in [9.17, 15) is 0 Å². The van der Waals surface area contributed by atoms with Crippen molar-refractivity contribution >= 4 is 0 Å². The second-order valence-electron chi connectivity index (χ2n) is 2.63. The van der Waals surface area contributed by atoms with Gasteiger partial charge in [0.1, 0.15) is 0 Å². The van der Waals surface area contributed by atoms with Gasteiger partial charge in [0.05, 0.1) is 6.10 Å². The third-order valence-corrected chi connectivity index (χ3v) is 1.77. The summed E-state index contributed by atoms with van der Waals surface area (Å²) in [5.74, 6) is 0. The van der Waals surface area contributed by atoms with Gasteiger partial charge in [0, 0.05) is 6.61 Å². The third kappa shape index (κ3) is 2.35. The average molecular weight is 127 g/mol. The summed E-state index contributed by atoms with van der Waals surface area (Å²) in [6.07, 6.45) is 7.77. The zero-order valence-electron chi connectivity index (χ0n) is 6.10. The molecule has 9 heavy (non-hydrogen) atoms. The van der Waals surface area contributed by atoms with Gasteiger partial charge in [0.25, 0.3) is 0 Å². The molecular weight excluding hydrogens is 112 g/mol. The lowest BCUT2D eigenvalue weighted by atomic mass is 10.1. The Hall–Kier alpha value is -0.0400. The van der Waals surface area contributed by atoms with Crippen molar-refractivity contribution < 1.29 is 4.74 Å². The summed E-state index contributed by atoms with van der Waals surface area (Å²) in [7, 11) is 0. The third-order valence-electron chi connectivity index (χ3n) is 1.77. The van der Waals surface area contributed by atoms with Gasteiger partial charge in [-0.3, -0.25) is 0 Å². The molecule has 0 aliphatic carbocycles. The maximum atomic E-state index is 5.49. The lowest BCUT2D eigenvalue weighted by Gasteiger charge is -2.21. The quantitative estimate of drug-likeness (QED) is 0.552. The topological polar surface area (TPSA) is 9.23 Å². The zero-order valence-corrected chi connectivity index (χ0v) is 6.10. The van der Waals surface area contributed by atoms with Crippen LogP contribution in [0.2, 0.25) is 0 Å². The molecule has 53 valence electrons. The fourth-order valence-corrected chi connectivity index (χ4v) is 1.26. The molecule has 0 spiro atoms. The number of ether oxygens (including phenoxy) is 1. The minimum atomic E-state index is 0.545. The van der Waals surface area contributed by atoms with Crippen LogP contribution in [0.3, 0.4) is 0 Å². The Morgan fingerprint density at radius 1 is 1.56 bits per heavy atom. The molecule has 1 saturated heterocycles. The van der Waals surface area contributed by atoms with Crippen LogP contribution in [-0.4, -0.2) is 12.7 Å². The fourth-order valence-electron chi connectivity index (χ4n) is 1.26. The molecule has 1 atom stereocenters. The van der Waals surface area contributed by atoms with Gasteiger partial charge in [-0.2, -0.15) is 0 Å². The largest absolute Gasteiger partial charge is 0.378 e. The predicted molar refractivity (Wildman–Crippen MR) is 38.2 cm³/mol. The van der Waals surface area contributed by atoms with E-state index in [1.807, 2.05) is 0 Å². The second kappa shape index (κ2) is 3.89. The smallest absolute Gasteiger partial charge is 0.0577 e. The normalized spacial score (nSPS) is 28.3. The molecule has 0 N–H and O–H groups in total. The van der Waals surface area contributed by atoms with Crippen LogP contribution in [0.1, 0.15) is 32.6 Å². The van der Waals surface area contributed by atoms with Crippen molar-refractivity contribution in [3.8, 4) is 0 Å². The molecule has 1 nitrogen and oxygen atoms in total. The van der Waals surface area contributed by atoms with Gasteiger partial charge in [0.15, 0.2) is 0 Å². The summed E-state index contributed by atoms with van der Waals surface area (Å²) in [6, 6.07) is 0. The molecular formula is C8H15O. The molecule has 0 aromatic carbocycles. The zero-order chi connectivity index (χ0) is 6.53. The van der Waals surface area contributed by atoms with E-state index >= 15 is 0 Å². The summed E-state index contributed by atoms with van der Waals surface area (Å²) in [4.78, 5) is 0. The Morgan fingerprint density at radius 3 is 3.00 bits per heavy atom. The molecule has 1 fully saturated rings. The average Bonchev–Trinajstić information content (AvgIpc) is 1.91. The first-order valence-corrected chi connectivity index (χ1v) is 3.83.